The zero-order valence-electron chi connectivity index (χ0n) is 15.0. The predicted molar refractivity (Wildman–Crippen MR) is 99.7 cm³/mol. The van der Waals surface area contributed by atoms with E-state index >= 15 is 0 Å². The second kappa shape index (κ2) is 9.23. The number of hydrogen-bond acceptors (Lipinski definition) is 5. The Morgan fingerprint density at radius 3 is 2.37 bits per heavy atom. The predicted octanol–water partition coefficient (Wildman–Crippen LogP) is 1.32. The Balaban J connectivity index is 1.96. The molecular formula is C19H21N3O5. The zero-order chi connectivity index (χ0) is 19.8. The molecule has 142 valence electrons. The summed E-state index contributed by atoms with van der Waals surface area (Å²) in [6.45, 7) is 1.35. The summed E-state index contributed by atoms with van der Waals surface area (Å²) in [5, 5.41) is 5.07. The molecule has 8 nitrogen and oxygen atoms in total. The average Bonchev–Trinajstić information content (AvgIpc) is 2.66. The number of nitrogens with one attached hydrogen (secondary N) is 2. The minimum absolute atomic E-state index is 0.262. The van der Waals surface area contributed by atoms with Gasteiger partial charge in [-0.1, -0.05) is 6.07 Å². The van der Waals surface area contributed by atoms with Crippen LogP contribution in [0.5, 0.6) is 11.5 Å². The molecule has 0 spiro atoms. The fraction of sp³-hybridized carbons (Fsp3) is 0.211. The Bertz CT molecular complexity index is 820. The molecule has 0 saturated heterocycles. The van der Waals surface area contributed by atoms with Gasteiger partial charge >= 0.3 is 0 Å². The van der Waals surface area contributed by atoms with E-state index in [0.717, 1.165) is 0 Å². The van der Waals surface area contributed by atoms with Gasteiger partial charge in [-0.05, 0) is 49.4 Å². The van der Waals surface area contributed by atoms with Gasteiger partial charge in [0.15, 0.2) is 6.10 Å². The van der Waals surface area contributed by atoms with Crippen molar-refractivity contribution < 1.29 is 23.9 Å². The minimum atomic E-state index is -0.759. The molecule has 2 rings (SSSR count). The Hall–Kier alpha value is -3.55. The number of rotatable bonds is 8. The summed E-state index contributed by atoms with van der Waals surface area (Å²) in [5.41, 5.74) is 5.71. The van der Waals surface area contributed by atoms with Gasteiger partial charge < -0.3 is 25.8 Å². The number of benzene rings is 2. The van der Waals surface area contributed by atoms with Crippen molar-refractivity contribution >= 4 is 23.4 Å². The molecule has 3 amide bonds. The number of anilines is 1. The van der Waals surface area contributed by atoms with Gasteiger partial charge in [-0.25, -0.2) is 0 Å². The molecule has 27 heavy (non-hydrogen) atoms. The molecule has 1 unspecified atom stereocenters. The quantitative estimate of drug-likeness (QED) is 0.646. The van der Waals surface area contributed by atoms with E-state index in [0.29, 0.717) is 17.2 Å². The van der Waals surface area contributed by atoms with Crippen LogP contribution in [0, 0.1) is 0 Å². The van der Waals surface area contributed by atoms with Crippen LogP contribution in [0.15, 0.2) is 48.5 Å². The van der Waals surface area contributed by atoms with Crippen molar-refractivity contribution in [2.75, 3.05) is 19.0 Å². The van der Waals surface area contributed by atoms with Crippen molar-refractivity contribution in [1.82, 2.24) is 5.32 Å². The third kappa shape index (κ3) is 6.03. The molecule has 0 aliphatic heterocycles. The fourth-order valence-electron chi connectivity index (χ4n) is 2.16. The number of ether oxygens (including phenoxy) is 2. The molecule has 1 atom stereocenters. The lowest BCUT2D eigenvalue weighted by Gasteiger charge is -2.15. The highest BCUT2D eigenvalue weighted by atomic mass is 16.5. The molecule has 0 aromatic heterocycles. The smallest absolute Gasteiger partial charge is 0.265 e. The number of carbonyl (C=O) groups excluding carboxylic acids is 3. The molecule has 4 N–H and O–H groups in total. The SMILES string of the molecule is COc1ccc(OC(C)C(=O)Nc2cccc(C(=O)NCC(N)=O)c2)cc1. The first-order valence-corrected chi connectivity index (χ1v) is 8.17. The number of methoxy groups -OCH3 is 1. The van der Waals surface area contributed by atoms with Crippen molar-refractivity contribution in [3.8, 4) is 11.5 Å². The van der Waals surface area contributed by atoms with Crippen LogP contribution in [0.1, 0.15) is 17.3 Å². The minimum Gasteiger partial charge on any atom is -0.497 e. The van der Waals surface area contributed by atoms with Gasteiger partial charge in [-0.15, -0.1) is 0 Å². The molecule has 0 aliphatic rings. The van der Waals surface area contributed by atoms with Crippen LogP contribution in [0.4, 0.5) is 5.69 Å². The maximum absolute atomic E-state index is 12.3. The second-order valence-electron chi connectivity index (χ2n) is 5.65. The second-order valence-corrected chi connectivity index (χ2v) is 5.65. The van der Waals surface area contributed by atoms with Gasteiger partial charge in [0.05, 0.1) is 13.7 Å². The number of nitrogens with two attached hydrogens (primary N) is 1. The summed E-state index contributed by atoms with van der Waals surface area (Å²) in [6.07, 6.45) is -0.759. The van der Waals surface area contributed by atoms with Crippen LogP contribution in [-0.4, -0.2) is 37.5 Å². The first kappa shape index (κ1) is 19.8. The number of hydrogen-bond donors (Lipinski definition) is 3. The van der Waals surface area contributed by atoms with Gasteiger partial charge in [0.1, 0.15) is 11.5 Å². The molecule has 0 fully saturated rings. The van der Waals surface area contributed by atoms with Gasteiger partial charge in [-0.2, -0.15) is 0 Å². The first-order valence-electron chi connectivity index (χ1n) is 8.17. The van der Waals surface area contributed by atoms with Gasteiger partial charge in [0.25, 0.3) is 11.8 Å². The highest BCUT2D eigenvalue weighted by Crippen LogP contribution is 2.19. The topological polar surface area (TPSA) is 120 Å². The Morgan fingerprint density at radius 2 is 1.74 bits per heavy atom. The van der Waals surface area contributed by atoms with E-state index in [1.807, 2.05) is 0 Å². The molecule has 0 aliphatic carbocycles. The third-order valence-electron chi connectivity index (χ3n) is 3.56. The van der Waals surface area contributed by atoms with Crippen LogP contribution < -0.4 is 25.8 Å². The Morgan fingerprint density at radius 1 is 1.07 bits per heavy atom. The number of amides is 3. The number of carbonyl (C=O) groups is 3. The first-order chi connectivity index (χ1) is 12.9. The molecular weight excluding hydrogens is 350 g/mol. The van der Waals surface area contributed by atoms with Crippen LogP contribution in [0.3, 0.4) is 0 Å². The molecule has 0 bridgehead atoms. The van der Waals surface area contributed by atoms with Gasteiger partial charge in [-0.3, -0.25) is 14.4 Å². The molecule has 0 saturated carbocycles. The molecule has 0 radical (unpaired) electrons. The highest BCUT2D eigenvalue weighted by molar-refractivity contribution is 5.99. The van der Waals surface area contributed by atoms with E-state index < -0.39 is 17.9 Å². The van der Waals surface area contributed by atoms with Crippen molar-refractivity contribution in [3.63, 3.8) is 0 Å². The molecule has 2 aromatic rings. The third-order valence-corrected chi connectivity index (χ3v) is 3.56. The van der Waals surface area contributed by atoms with Crippen molar-refractivity contribution in [3.05, 3.63) is 54.1 Å². The van der Waals surface area contributed by atoms with E-state index in [1.165, 1.54) is 6.07 Å². The fourth-order valence-corrected chi connectivity index (χ4v) is 2.16. The van der Waals surface area contributed by atoms with E-state index in [4.69, 9.17) is 15.2 Å². The summed E-state index contributed by atoms with van der Waals surface area (Å²) in [6, 6.07) is 13.2. The van der Waals surface area contributed by atoms with E-state index in [2.05, 4.69) is 10.6 Å². The van der Waals surface area contributed by atoms with Crippen molar-refractivity contribution in [2.45, 2.75) is 13.0 Å². The molecule has 2 aromatic carbocycles. The summed E-state index contributed by atoms with van der Waals surface area (Å²) >= 11 is 0. The zero-order valence-corrected chi connectivity index (χ0v) is 15.0. The summed E-state index contributed by atoms with van der Waals surface area (Å²) < 4.78 is 10.7. The average molecular weight is 371 g/mol. The largest absolute Gasteiger partial charge is 0.497 e. The summed E-state index contributed by atoms with van der Waals surface area (Å²) in [7, 11) is 1.56. The molecule has 8 heteroatoms. The van der Waals surface area contributed by atoms with Crippen molar-refractivity contribution in [2.24, 2.45) is 5.73 Å². The Labute approximate surface area is 156 Å². The molecule has 0 heterocycles. The van der Waals surface area contributed by atoms with E-state index in [-0.39, 0.29) is 18.0 Å². The monoisotopic (exact) mass is 371 g/mol. The standard InChI is InChI=1S/C19H21N3O5/c1-12(27-16-8-6-15(26-2)7-9-16)18(24)22-14-5-3-4-13(10-14)19(25)21-11-17(20)23/h3-10,12H,11H2,1-2H3,(H2,20,23)(H,21,25)(H,22,24). The van der Waals surface area contributed by atoms with Crippen molar-refractivity contribution in [1.29, 1.82) is 0 Å². The van der Waals surface area contributed by atoms with Crippen LogP contribution >= 0.6 is 0 Å². The summed E-state index contributed by atoms with van der Waals surface area (Å²) in [4.78, 5) is 35.0. The van der Waals surface area contributed by atoms with Gasteiger partial charge in [0, 0.05) is 11.3 Å². The van der Waals surface area contributed by atoms with Crippen LogP contribution in [0.2, 0.25) is 0 Å². The normalized spacial score (nSPS) is 11.2. The summed E-state index contributed by atoms with van der Waals surface area (Å²) in [5.74, 6) is -0.269. The lowest BCUT2D eigenvalue weighted by molar-refractivity contribution is -0.122. The lowest BCUT2D eigenvalue weighted by atomic mass is 10.2. The highest BCUT2D eigenvalue weighted by Gasteiger charge is 2.16. The van der Waals surface area contributed by atoms with Gasteiger partial charge in [0.2, 0.25) is 5.91 Å². The van der Waals surface area contributed by atoms with E-state index in [1.54, 1.807) is 56.5 Å². The van der Waals surface area contributed by atoms with Crippen LogP contribution in [-0.2, 0) is 9.59 Å². The Kier molecular flexibility index (Phi) is 6.76. The maximum atomic E-state index is 12.3. The maximum Gasteiger partial charge on any atom is 0.265 e. The van der Waals surface area contributed by atoms with E-state index in [9.17, 15) is 14.4 Å². The number of primary amides is 1. The lowest BCUT2D eigenvalue weighted by Crippen LogP contribution is -2.33. The van der Waals surface area contributed by atoms with Crippen LogP contribution in [0.25, 0.3) is 0 Å².